The van der Waals surface area contributed by atoms with Crippen LogP contribution in [0.5, 0.6) is 5.75 Å². The van der Waals surface area contributed by atoms with E-state index in [4.69, 9.17) is 4.74 Å². The van der Waals surface area contributed by atoms with Gasteiger partial charge in [0.05, 0.1) is 7.11 Å². The monoisotopic (exact) mass is 377 g/mol. The summed E-state index contributed by atoms with van der Waals surface area (Å²) >= 11 is 2.09. The highest BCUT2D eigenvalue weighted by atomic mass is 32.2. The van der Waals surface area contributed by atoms with E-state index < -0.39 is 0 Å². The van der Waals surface area contributed by atoms with Crippen LogP contribution in [0.15, 0.2) is 24.3 Å². The van der Waals surface area contributed by atoms with Crippen LogP contribution >= 0.6 is 11.8 Å². The van der Waals surface area contributed by atoms with E-state index in [-0.39, 0.29) is 6.03 Å². The summed E-state index contributed by atoms with van der Waals surface area (Å²) in [5.74, 6) is 4.08. The predicted octanol–water partition coefficient (Wildman–Crippen LogP) is 3.10. The van der Waals surface area contributed by atoms with Gasteiger partial charge in [0.15, 0.2) is 0 Å². The van der Waals surface area contributed by atoms with Gasteiger partial charge in [0.25, 0.3) is 0 Å². The fourth-order valence-electron chi connectivity index (χ4n) is 3.80. The minimum absolute atomic E-state index is 0.0763. The standard InChI is InChI=1S/C20H31N3O2S/c1-25-19-4-2-16(3-5-19)14-21-20(24)22-15-17-6-10-23(11-7-17)18-8-12-26-13-9-18/h2-5,17-18H,6-15H2,1H3,(H2,21,22,24). The number of carbonyl (C=O) groups is 1. The molecule has 2 fully saturated rings. The molecule has 0 unspecified atom stereocenters. The predicted molar refractivity (Wildman–Crippen MR) is 108 cm³/mol. The Kier molecular flexibility index (Phi) is 7.50. The summed E-state index contributed by atoms with van der Waals surface area (Å²) in [6.07, 6.45) is 5.09. The van der Waals surface area contributed by atoms with Crippen LogP contribution in [0.2, 0.25) is 0 Å². The number of benzene rings is 1. The van der Waals surface area contributed by atoms with Crippen molar-refractivity contribution in [2.75, 3.05) is 38.2 Å². The van der Waals surface area contributed by atoms with Crippen LogP contribution in [0.1, 0.15) is 31.2 Å². The lowest BCUT2D eigenvalue weighted by Crippen LogP contribution is -2.45. The number of nitrogens with one attached hydrogen (secondary N) is 2. The molecule has 26 heavy (non-hydrogen) atoms. The lowest BCUT2D eigenvalue weighted by atomic mass is 9.94. The van der Waals surface area contributed by atoms with Gasteiger partial charge in [0.1, 0.15) is 5.75 Å². The molecule has 3 rings (SSSR count). The van der Waals surface area contributed by atoms with Gasteiger partial charge in [0, 0.05) is 19.1 Å². The van der Waals surface area contributed by atoms with Crippen molar-refractivity contribution in [2.24, 2.45) is 5.92 Å². The average molecular weight is 378 g/mol. The van der Waals surface area contributed by atoms with Crippen LogP contribution in [0.25, 0.3) is 0 Å². The maximum absolute atomic E-state index is 12.0. The maximum Gasteiger partial charge on any atom is 0.315 e. The number of urea groups is 1. The molecular formula is C20H31N3O2S. The van der Waals surface area contributed by atoms with Crippen molar-refractivity contribution >= 4 is 17.8 Å². The fourth-order valence-corrected chi connectivity index (χ4v) is 4.88. The largest absolute Gasteiger partial charge is 0.497 e. The SMILES string of the molecule is COc1ccc(CNC(=O)NCC2CCN(C3CCSCC3)CC2)cc1. The second-order valence-electron chi connectivity index (χ2n) is 7.23. The smallest absolute Gasteiger partial charge is 0.315 e. The Morgan fingerprint density at radius 2 is 1.81 bits per heavy atom. The first kappa shape index (κ1) is 19.4. The summed E-state index contributed by atoms with van der Waals surface area (Å²) in [6.45, 7) is 3.70. The molecule has 2 aliphatic rings. The third-order valence-corrected chi connectivity index (χ3v) is 6.57. The number of ether oxygens (including phenoxy) is 1. The summed E-state index contributed by atoms with van der Waals surface area (Å²) in [6, 6.07) is 8.49. The normalized spacial score (nSPS) is 19.9. The molecule has 0 aliphatic carbocycles. The van der Waals surface area contributed by atoms with Crippen LogP contribution in [0, 0.1) is 5.92 Å². The van der Waals surface area contributed by atoms with Gasteiger partial charge in [-0.05, 0) is 73.9 Å². The minimum atomic E-state index is -0.0763. The molecule has 2 amide bonds. The van der Waals surface area contributed by atoms with Crippen molar-refractivity contribution in [2.45, 2.75) is 38.3 Å². The lowest BCUT2D eigenvalue weighted by Gasteiger charge is -2.39. The second kappa shape index (κ2) is 10.1. The van der Waals surface area contributed by atoms with Gasteiger partial charge >= 0.3 is 6.03 Å². The van der Waals surface area contributed by atoms with E-state index in [2.05, 4.69) is 27.3 Å². The third-order valence-electron chi connectivity index (χ3n) is 5.52. The van der Waals surface area contributed by atoms with Crippen molar-refractivity contribution in [3.05, 3.63) is 29.8 Å². The van der Waals surface area contributed by atoms with E-state index in [0.717, 1.165) is 23.9 Å². The molecular weight excluding hydrogens is 346 g/mol. The minimum Gasteiger partial charge on any atom is -0.497 e. The molecule has 144 valence electrons. The highest BCUT2D eigenvalue weighted by molar-refractivity contribution is 7.99. The van der Waals surface area contributed by atoms with Gasteiger partial charge in [0.2, 0.25) is 0 Å². The summed E-state index contributed by atoms with van der Waals surface area (Å²) in [4.78, 5) is 14.7. The van der Waals surface area contributed by atoms with Crippen LogP contribution in [-0.4, -0.2) is 55.2 Å². The summed E-state index contributed by atoms with van der Waals surface area (Å²) in [5, 5.41) is 5.98. The zero-order valence-electron chi connectivity index (χ0n) is 15.7. The molecule has 2 N–H and O–H groups in total. The van der Waals surface area contributed by atoms with Gasteiger partial charge in [-0.3, -0.25) is 0 Å². The number of likely N-dealkylation sites (tertiary alicyclic amines) is 1. The average Bonchev–Trinajstić information content (AvgIpc) is 2.72. The van der Waals surface area contributed by atoms with Crippen LogP contribution < -0.4 is 15.4 Å². The van der Waals surface area contributed by atoms with Gasteiger partial charge in [-0.25, -0.2) is 4.79 Å². The maximum atomic E-state index is 12.0. The number of methoxy groups -OCH3 is 1. The highest BCUT2D eigenvalue weighted by Gasteiger charge is 2.26. The zero-order chi connectivity index (χ0) is 18.2. The first-order valence-electron chi connectivity index (χ1n) is 9.71. The van der Waals surface area contributed by atoms with E-state index in [0.29, 0.717) is 12.5 Å². The number of rotatable bonds is 6. The molecule has 2 aliphatic heterocycles. The van der Waals surface area contributed by atoms with Gasteiger partial charge in [-0.2, -0.15) is 11.8 Å². The number of hydrogen-bond acceptors (Lipinski definition) is 4. The molecule has 0 aromatic heterocycles. The fraction of sp³-hybridized carbons (Fsp3) is 0.650. The molecule has 1 aromatic carbocycles. The number of amides is 2. The Balaban J connectivity index is 1.31. The quantitative estimate of drug-likeness (QED) is 0.800. The van der Waals surface area contributed by atoms with Crippen molar-refractivity contribution in [1.82, 2.24) is 15.5 Å². The van der Waals surface area contributed by atoms with Crippen LogP contribution in [0.3, 0.4) is 0 Å². The Morgan fingerprint density at radius 3 is 2.46 bits per heavy atom. The lowest BCUT2D eigenvalue weighted by molar-refractivity contribution is 0.125. The van der Waals surface area contributed by atoms with Gasteiger partial charge in [-0.15, -0.1) is 0 Å². The molecule has 2 heterocycles. The van der Waals surface area contributed by atoms with Crippen LogP contribution in [0.4, 0.5) is 4.79 Å². The Hall–Kier alpha value is -1.40. The van der Waals surface area contributed by atoms with E-state index in [1.807, 2.05) is 24.3 Å². The molecule has 0 bridgehead atoms. The van der Waals surface area contributed by atoms with Crippen LogP contribution in [-0.2, 0) is 6.54 Å². The van der Waals surface area contributed by atoms with Crippen molar-refractivity contribution in [1.29, 1.82) is 0 Å². The molecule has 1 aromatic rings. The molecule has 0 atom stereocenters. The first-order chi connectivity index (χ1) is 12.7. The zero-order valence-corrected chi connectivity index (χ0v) is 16.5. The Morgan fingerprint density at radius 1 is 1.12 bits per heavy atom. The number of thioether (sulfide) groups is 1. The van der Waals surface area contributed by atoms with Gasteiger partial charge in [-0.1, -0.05) is 12.1 Å². The number of hydrogen-bond donors (Lipinski definition) is 2. The molecule has 6 heteroatoms. The van der Waals surface area contributed by atoms with Crippen molar-refractivity contribution < 1.29 is 9.53 Å². The molecule has 0 saturated carbocycles. The number of piperidine rings is 1. The summed E-state index contributed by atoms with van der Waals surface area (Å²) < 4.78 is 5.14. The Bertz CT molecular complexity index is 553. The number of nitrogens with zero attached hydrogens (tertiary/aromatic N) is 1. The topological polar surface area (TPSA) is 53.6 Å². The molecule has 0 spiro atoms. The van der Waals surface area contributed by atoms with E-state index >= 15 is 0 Å². The third kappa shape index (κ3) is 5.81. The van der Waals surface area contributed by atoms with E-state index in [9.17, 15) is 4.79 Å². The Labute approximate surface area is 161 Å². The van der Waals surface area contributed by atoms with E-state index in [1.165, 1.54) is 50.3 Å². The van der Waals surface area contributed by atoms with E-state index in [1.54, 1.807) is 7.11 Å². The molecule has 0 radical (unpaired) electrons. The van der Waals surface area contributed by atoms with Crippen molar-refractivity contribution in [3.63, 3.8) is 0 Å². The highest BCUT2D eigenvalue weighted by Crippen LogP contribution is 2.26. The summed E-state index contributed by atoms with van der Waals surface area (Å²) in [7, 11) is 1.65. The molecule has 5 nitrogen and oxygen atoms in total. The summed E-state index contributed by atoms with van der Waals surface area (Å²) in [5.41, 5.74) is 1.07. The first-order valence-corrected chi connectivity index (χ1v) is 10.9. The second-order valence-corrected chi connectivity index (χ2v) is 8.46. The number of carbonyl (C=O) groups excluding carboxylic acids is 1. The molecule has 2 saturated heterocycles. The van der Waals surface area contributed by atoms with Crippen molar-refractivity contribution in [3.8, 4) is 5.75 Å². The van der Waals surface area contributed by atoms with Gasteiger partial charge < -0.3 is 20.3 Å².